The number of carbonyl (C=O) groups excluding carboxylic acids is 2. The highest BCUT2D eigenvalue weighted by Crippen LogP contribution is 2.34. The Hall–Kier alpha value is -2.12. The second kappa shape index (κ2) is 7.29. The summed E-state index contributed by atoms with van der Waals surface area (Å²) in [5.41, 5.74) is 1.83. The zero-order valence-corrected chi connectivity index (χ0v) is 17.7. The van der Waals surface area contributed by atoms with Gasteiger partial charge in [-0.15, -0.1) is 0 Å². The standard InChI is InChI=1S/C22H30N2O5/c1-21(2,3)29-20(26)23-8-9-24-14-22(4,28-13-17(24)12-23)16-5-6-18-15(11-16)7-10-27-19(18)25/h5-6,11,17H,7-10,12-14H2,1-4H3. The summed E-state index contributed by atoms with van der Waals surface area (Å²) in [5.74, 6) is -0.245. The molecule has 3 aliphatic rings. The number of nitrogens with zero attached hydrogens (tertiary/aromatic N) is 2. The van der Waals surface area contributed by atoms with Gasteiger partial charge in [-0.3, -0.25) is 4.90 Å². The van der Waals surface area contributed by atoms with E-state index in [2.05, 4.69) is 17.9 Å². The lowest BCUT2D eigenvalue weighted by molar-refractivity contribution is -0.144. The Morgan fingerprint density at radius 3 is 2.83 bits per heavy atom. The van der Waals surface area contributed by atoms with Crippen molar-refractivity contribution in [2.24, 2.45) is 0 Å². The van der Waals surface area contributed by atoms with Crippen LogP contribution in [0.1, 0.15) is 49.2 Å². The number of carbonyl (C=O) groups is 2. The van der Waals surface area contributed by atoms with E-state index in [1.807, 2.05) is 32.9 Å². The Morgan fingerprint density at radius 1 is 1.28 bits per heavy atom. The zero-order chi connectivity index (χ0) is 20.8. The Morgan fingerprint density at radius 2 is 2.07 bits per heavy atom. The molecule has 1 aromatic rings. The highest BCUT2D eigenvalue weighted by Gasteiger charge is 2.42. The summed E-state index contributed by atoms with van der Waals surface area (Å²) in [4.78, 5) is 28.5. The number of cyclic esters (lactones) is 1. The second-order valence-corrected chi connectivity index (χ2v) is 9.35. The van der Waals surface area contributed by atoms with Crippen molar-refractivity contribution < 1.29 is 23.8 Å². The SMILES string of the molecule is CC(C)(C)OC(=O)N1CCN2CC(C)(c3ccc4c(c3)CCOC4=O)OCC2C1. The zero-order valence-electron chi connectivity index (χ0n) is 17.7. The molecule has 0 spiro atoms. The maximum atomic E-state index is 12.4. The largest absolute Gasteiger partial charge is 0.462 e. The predicted molar refractivity (Wildman–Crippen MR) is 107 cm³/mol. The first-order valence-electron chi connectivity index (χ1n) is 10.3. The Labute approximate surface area is 171 Å². The minimum absolute atomic E-state index is 0.164. The molecule has 7 nitrogen and oxygen atoms in total. The van der Waals surface area contributed by atoms with Crippen LogP contribution in [-0.4, -0.2) is 72.9 Å². The Kier molecular flexibility index (Phi) is 5.07. The average Bonchev–Trinajstić information content (AvgIpc) is 2.66. The molecule has 2 saturated heterocycles. The third kappa shape index (κ3) is 4.12. The minimum atomic E-state index is -0.491. The summed E-state index contributed by atoms with van der Waals surface area (Å²) >= 11 is 0. The maximum absolute atomic E-state index is 12.4. The number of fused-ring (bicyclic) bond motifs is 2. The molecule has 0 aliphatic carbocycles. The van der Waals surface area contributed by atoms with Crippen LogP contribution in [0.2, 0.25) is 0 Å². The molecule has 1 aromatic carbocycles. The normalized spacial score (nSPS) is 27.7. The number of rotatable bonds is 1. The van der Waals surface area contributed by atoms with Gasteiger partial charge in [0.2, 0.25) is 0 Å². The molecular weight excluding hydrogens is 372 g/mol. The lowest BCUT2D eigenvalue weighted by Crippen LogP contribution is -2.63. The summed E-state index contributed by atoms with van der Waals surface area (Å²) in [6.07, 6.45) is 0.481. The smallest absolute Gasteiger partial charge is 0.410 e. The van der Waals surface area contributed by atoms with Crippen LogP contribution >= 0.6 is 0 Å². The van der Waals surface area contributed by atoms with E-state index in [4.69, 9.17) is 14.2 Å². The van der Waals surface area contributed by atoms with Crippen molar-refractivity contribution in [2.75, 3.05) is 39.4 Å². The van der Waals surface area contributed by atoms with Crippen molar-refractivity contribution >= 4 is 12.1 Å². The molecule has 2 fully saturated rings. The molecule has 3 heterocycles. The molecule has 0 aromatic heterocycles. The van der Waals surface area contributed by atoms with Crippen molar-refractivity contribution in [3.63, 3.8) is 0 Å². The fraction of sp³-hybridized carbons (Fsp3) is 0.636. The molecule has 0 radical (unpaired) electrons. The lowest BCUT2D eigenvalue weighted by atomic mass is 9.88. The molecule has 29 heavy (non-hydrogen) atoms. The number of hydrogen-bond acceptors (Lipinski definition) is 6. The number of piperazine rings is 1. The Balaban J connectivity index is 1.44. The minimum Gasteiger partial charge on any atom is -0.462 e. The summed E-state index contributed by atoms with van der Waals surface area (Å²) in [6.45, 7) is 11.5. The predicted octanol–water partition coefficient (Wildman–Crippen LogP) is 2.57. The first kappa shape index (κ1) is 20.2. The van der Waals surface area contributed by atoms with Gasteiger partial charge in [0.15, 0.2) is 0 Å². The van der Waals surface area contributed by atoms with Gasteiger partial charge in [0.05, 0.1) is 24.8 Å². The van der Waals surface area contributed by atoms with Crippen LogP contribution in [0.25, 0.3) is 0 Å². The molecule has 3 aliphatic heterocycles. The fourth-order valence-electron chi connectivity index (χ4n) is 4.30. The van der Waals surface area contributed by atoms with E-state index < -0.39 is 11.2 Å². The van der Waals surface area contributed by atoms with Gasteiger partial charge < -0.3 is 19.1 Å². The van der Waals surface area contributed by atoms with Crippen LogP contribution in [0.3, 0.4) is 0 Å². The van der Waals surface area contributed by atoms with Crippen LogP contribution < -0.4 is 0 Å². The average molecular weight is 402 g/mol. The highest BCUT2D eigenvalue weighted by molar-refractivity contribution is 5.92. The number of ether oxygens (including phenoxy) is 3. The summed E-state index contributed by atoms with van der Waals surface area (Å²) in [7, 11) is 0. The first-order valence-corrected chi connectivity index (χ1v) is 10.3. The van der Waals surface area contributed by atoms with Crippen LogP contribution in [0.4, 0.5) is 4.79 Å². The summed E-state index contributed by atoms with van der Waals surface area (Å²) in [5, 5.41) is 0. The second-order valence-electron chi connectivity index (χ2n) is 9.35. The first-order chi connectivity index (χ1) is 13.6. The van der Waals surface area contributed by atoms with Crippen molar-refractivity contribution in [1.29, 1.82) is 0 Å². The molecule has 1 amide bonds. The van der Waals surface area contributed by atoms with Gasteiger partial charge in [-0.05, 0) is 44.9 Å². The van der Waals surface area contributed by atoms with Gasteiger partial charge >= 0.3 is 12.1 Å². The van der Waals surface area contributed by atoms with Gasteiger partial charge in [-0.2, -0.15) is 0 Å². The van der Waals surface area contributed by atoms with E-state index in [1.54, 1.807) is 4.90 Å². The van der Waals surface area contributed by atoms with Crippen molar-refractivity contribution in [3.8, 4) is 0 Å². The van der Waals surface area contributed by atoms with Crippen molar-refractivity contribution in [3.05, 3.63) is 34.9 Å². The number of hydrogen-bond donors (Lipinski definition) is 0. The molecule has 7 heteroatoms. The number of amides is 1. The molecule has 2 atom stereocenters. The van der Waals surface area contributed by atoms with Gasteiger partial charge in [-0.1, -0.05) is 12.1 Å². The molecule has 4 rings (SSSR count). The Bertz CT molecular complexity index is 818. The third-order valence-electron chi connectivity index (χ3n) is 5.90. The van der Waals surface area contributed by atoms with E-state index in [-0.39, 0.29) is 18.1 Å². The quantitative estimate of drug-likeness (QED) is 0.673. The van der Waals surface area contributed by atoms with Crippen LogP contribution in [0, 0.1) is 0 Å². The van der Waals surface area contributed by atoms with Crippen molar-refractivity contribution in [1.82, 2.24) is 9.80 Å². The molecule has 158 valence electrons. The molecule has 0 N–H and O–H groups in total. The molecule has 0 bridgehead atoms. The molecule has 2 unspecified atom stereocenters. The van der Waals surface area contributed by atoms with E-state index in [0.717, 1.165) is 30.6 Å². The van der Waals surface area contributed by atoms with Crippen LogP contribution in [-0.2, 0) is 26.2 Å². The van der Waals surface area contributed by atoms with Gasteiger partial charge in [0, 0.05) is 32.6 Å². The topological polar surface area (TPSA) is 68.3 Å². The summed E-state index contributed by atoms with van der Waals surface area (Å²) in [6, 6.07) is 6.08. The highest BCUT2D eigenvalue weighted by atomic mass is 16.6. The number of morpholine rings is 1. The van der Waals surface area contributed by atoms with Crippen LogP contribution in [0.15, 0.2) is 18.2 Å². The van der Waals surface area contributed by atoms with Gasteiger partial charge in [0.1, 0.15) is 11.2 Å². The van der Waals surface area contributed by atoms with E-state index in [1.165, 1.54) is 0 Å². The molecule has 0 saturated carbocycles. The van der Waals surface area contributed by atoms with Crippen LogP contribution in [0.5, 0.6) is 0 Å². The van der Waals surface area contributed by atoms with Gasteiger partial charge in [0.25, 0.3) is 0 Å². The monoisotopic (exact) mass is 402 g/mol. The van der Waals surface area contributed by atoms with Gasteiger partial charge in [-0.25, -0.2) is 9.59 Å². The van der Waals surface area contributed by atoms with E-state index >= 15 is 0 Å². The van der Waals surface area contributed by atoms with E-state index in [0.29, 0.717) is 31.9 Å². The number of benzene rings is 1. The van der Waals surface area contributed by atoms with Crippen molar-refractivity contribution in [2.45, 2.75) is 51.4 Å². The summed E-state index contributed by atoms with van der Waals surface area (Å²) < 4.78 is 17.0. The fourth-order valence-corrected chi connectivity index (χ4v) is 4.30. The number of esters is 1. The van der Waals surface area contributed by atoms with E-state index in [9.17, 15) is 9.59 Å². The maximum Gasteiger partial charge on any atom is 0.410 e. The lowest BCUT2D eigenvalue weighted by Gasteiger charge is -2.49. The third-order valence-corrected chi connectivity index (χ3v) is 5.90. The molecular formula is C22H30N2O5.